The van der Waals surface area contributed by atoms with Crippen LogP contribution in [0, 0.1) is 6.92 Å². The standard InChI is InChI=1S/C11H8Br2ClNO2S2/c1-6-10(5-11(13)18-6)19(16,17)15-9-4-7(12)2-3-8(9)14/h2-5,15H,1H3. The lowest BCUT2D eigenvalue weighted by molar-refractivity contribution is 0.601. The van der Waals surface area contributed by atoms with Gasteiger partial charge >= 0.3 is 0 Å². The van der Waals surface area contributed by atoms with Crippen molar-refractivity contribution in [2.75, 3.05) is 4.72 Å². The number of thiophene rings is 1. The number of rotatable bonds is 3. The van der Waals surface area contributed by atoms with E-state index in [9.17, 15) is 8.42 Å². The Morgan fingerprint density at radius 3 is 2.53 bits per heavy atom. The molecule has 2 rings (SSSR count). The van der Waals surface area contributed by atoms with Crippen molar-refractivity contribution in [2.45, 2.75) is 11.8 Å². The molecule has 1 heterocycles. The molecule has 0 unspecified atom stereocenters. The van der Waals surface area contributed by atoms with Gasteiger partial charge in [0.2, 0.25) is 0 Å². The minimum Gasteiger partial charge on any atom is -0.278 e. The zero-order chi connectivity index (χ0) is 14.2. The zero-order valence-electron chi connectivity index (χ0n) is 9.58. The average Bonchev–Trinajstić information content (AvgIpc) is 2.63. The van der Waals surface area contributed by atoms with Gasteiger partial charge in [-0.1, -0.05) is 27.5 Å². The van der Waals surface area contributed by atoms with Crippen molar-refractivity contribution in [2.24, 2.45) is 0 Å². The highest BCUT2D eigenvalue weighted by Gasteiger charge is 2.20. The summed E-state index contributed by atoms with van der Waals surface area (Å²) in [5, 5.41) is 0.346. The number of sulfonamides is 1. The van der Waals surface area contributed by atoms with Gasteiger partial charge in [0.05, 0.1) is 14.5 Å². The fraction of sp³-hybridized carbons (Fsp3) is 0.0909. The zero-order valence-corrected chi connectivity index (χ0v) is 15.1. The summed E-state index contributed by atoms with van der Waals surface area (Å²) in [5.74, 6) is 0. The van der Waals surface area contributed by atoms with E-state index in [0.29, 0.717) is 15.6 Å². The van der Waals surface area contributed by atoms with Gasteiger partial charge < -0.3 is 0 Å². The van der Waals surface area contributed by atoms with Crippen LogP contribution < -0.4 is 4.72 Å². The van der Waals surface area contributed by atoms with Gasteiger partial charge in [0.1, 0.15) is 4.90 Å². The van der Waals surface area contributed by atoms with Crippen LogP contribution >= 0.6 is 54.8 Å². The van der Waals surface area contributed by atoms with Crippen molar-refractivity contribution in [3.05, 3.63) is 42.4 Å². The second-order valence-electron chi connectivity index (χ2n) is 3.70. The Morgan fingerprint density at radius 2 is 1.95 bits per heavy atom. The van der Waals surface area contributed by atoms with E-state index >= 15 is 0 Å². The maximum absolute atomic E-state index is 12.3. The minimum absolute atomic E-state index is 0.250. The molecule has 1 N–H and O–H groups in total. The highest BCUT2D eigenvalue weighted by atomic mass is 79.9. The summed E-state index contributed by atoms with van der Waals surface area (Å²) >= 11 is 13.9. The molecule has 1 aromatic heterocycles. The van der Waals surface area contributed by atoms with Crippen molar-refractivity contribution >= 4 is 70.5 Å². The predicted octanol–water partition coefficient (Wildman–Crippen LogP) is 5.04. The molecular formula is C11H8Br2ClNO2S2. The van der Waals surface area contributed by atoms with Crippen molar-refractivity contribution in [1.82, 2.24) is 0 Å². The molecule has 1 aromatic carbocycles. The summed E-state index contributed by atoms with van der Waals surface area (Å²) in [5.41, 5.74) is 0.345. The maximum Gasteiger partial charge on any atom is 0.263 e. The van der Waals surface area contributed by atoms with E-state index in [2.05, 4.69) is 36.6 Å². The van der Waals surface area contributed by atoms with E-state index in [1.54, 1.807) is 31.2 Å². The number of aryl methyl sites for hydroxylation is 1. The molecule has 3 nitrogen and oxygen atoms in total. The Hall–Kier alpha value is -0.0800. The molecule has 0 aliphatic rings. The summed E-state index contributed by atoms with van der Waals surface area (Å²) in [6.07, 6.45) is 0. The fourth-order valence-electron chi connectivity index (χ4n) is 1.47. The second-order valence-corrected chi connectivity index (χ2v) is 9.31. The Bertz CT molecular complexity index is 728. The topological polar surface area (TPSA) is 46.2 Å². The highest BCUT2D eigenvalue weighted by molar-refractivity contribution is 9.11. The van der Waals surface area contributed by atoms with Crippen molar-refractivity contribution in [3.8, 4) is 0 Å². The molecule has 102 valence electrons. The average molecular weight is 446 g/mol. The van der Waals surface area contributed by atoms with E-state index in [1.807, 2.05) is 0 Å². The summed E-state index contributed by atoms with van der Waals surface area (Å²) in [6.45, 7) is 1.76. The Labute approximate surface area is 137 Å². The van der Waals surface area contributed by atoms with Crippen LogP contribution in [0.1, 0.15) is 4.88 Å². The Morgan fingerprint density at radius 1 is 1.26 bits per heavy atom. The molecule has 0 saturated heterocycles. The lowest BCUT2D eigenvalue weighted by Gasteiger charge is -2.09. The largest absolute Gasteiger partial charge is 0.278 e. The maximum atomic E-state index is 12.3. The SMILES string of the molecule is Cc1sc(Br)cc1S(=O)(=O)Nc1cc(Br)ccc1Cl. The van der Waals surface area contributed by atoms with Crippen molar-refractivity contribution < 1.29 is 8.42 Å². The summed E-state index contributed by atoms with van der Waals surface area (Å²) in [6, 6.07) is 6.57. The van der Waals surface area contributed by atoms with E-state index in [-0.39, 0.29) is 4.90 Å². The van der Waals surface area contributed by atoms with Crippen LogP contribution in [0.25, 0.3) is 0 Å². The molecule has 0 radical (unpaired) electrons. The number of anilines is 1. The minimum atomic E-state index is -3.64. The van der Waals surface area contributed by atoms with Crippen LogP contribution in [-0.2, 0) is 10.0 Å². The van der Waals surface area contributed by atoms with Crippen molar-refractivity contribution in [1.29, 1.82) is 0 Å². The molecular weight excluding hydrogens is 438 g/mol. The monoisotopic (exact) mass is 443 g/mol. The van der Waals surface area contributed by atoms with Crippen LogP contribution in [0.4, 0.5) is 5.69 Å². The molecule has 19 heavy (non-hydrogen) atoms. The molecule has 0 aliphatic heterocycles. The van der Waals surface area contributed by atoms with E-state index in [1.165, 1.54) is 11.3 Å². The highest BCUT2D eigenvalue weighted by Crippen LogP contribution is 2.33. The predicted molar refractivity (Wildman–Crippen MR) is 86.7 cm³/mol. The van der Waals surface area contributed by atoms with Crippen LogP contribution in [0.2, 0.25) is 5.02 Å². The van der Waals surface area contributed by atoms with Crippen LogP contribution in [0.15, 0.2) is 37.4 Å². The summed E-state index contributed by atoms with van der Waals surface area (Å²) in [4.78, 5) is 0.964. The third-order valence-electron chi connectivity index (χ3n) is 2.30. The first-order valence-electron chi connectivity index (χ1n) is 5.03. The second kappa shape index (κ2) is 5.73. The molecule has 0 atom stereocenters. The van der Waals surface area contributed by atoms with Gasteiger partial charge in [-0.15, -0.1) is 11.3 Å². The van der Waals surface area contributed by atoms with Gasteiger partial charge in [0.25, 0.3) is 10.0 Å². The first kappa shape index (κ1) is 15.3. The lowest BCUT2D eigenvalue weighted by Crippen LogP contribution is -2.13. The summed E-state index contributed by atoms with van der Waals surface area (Å²) in [7, 11) is -3.64. The molecule has 8 heteroatoms. The number of hydrogen-bond donors (Lipinski definition) is 1. The quantitative estimate of drug-likeness (QED) is 0.720. The van der Waals surface area contributed by atoms with Crippen LogP contribution in [-0.4, -0.2) is 8.42 Å². The molecule has 0 fully saturated rings. The molecule has 0 bridgehead atoms. The first-order chi connectivity index (χ1) is 8.79. The third-order valence-corrected chi connectivity index (χ3v) is 6.30. The van der Waals surface area contributed by atoms with E-state index in [0.717, 1.165) is 8.26 Å². The fourth-order valence-corrected chi connectivity index (χ4v) is 5.54. The van der Waals surface area contributed by atoms with E-state index in [4.69, 9.17) is 11.6 Å². The van der Waals surface area contributed by atoms with Crippen LogP contribution in [0.3, 0.4) is 0 Å². The number of nitrogens with one attached hydrogen (secondary N) is 1. The Kier molecular flexibility index (Phi) is 4.62. The lowest BCUT2D eigenvalue weighted by atomic mass is 10.3. The summed E-state index contributed by atoms with van der Waals surface area (Å²) < 4.78 is 28.6. The van der Waals surface area contributed by atoms with Gasteiger partial charge in [0, 0.05) is 9.35 Å². The van der Waals surface area contributed by atoms with Gasteiger partial charge in [-0.05, 0) is 47.1 Å². The van der Waals surface area contributed by atoms with Gasteiger partial charge in [-0.2, -0.15) is 0 Å². The molecule has 2 aromatic rings. The molecule has 0 aliphatic carbocycles. The van der Waals surface area contributed by atoms with E-state index < -0.39 is 10.0 Å². The van der Waals surface area contributed by atoms with Gasteiger partial charge in [-0.3, -0.25) is 4.72 Å². The van der Waals surface area contributed by atoms with Gasteiger partial charge in [0.15, 0.2) is 0 Å². The molecule has 0 saturated carbocycles. The molecule has 0 spiro atoms. The van der Waals surface area contributed by atoms with Crippen LogP contribution in [0.5, 0.6) is 0 Å². The normalized spacial score (nSPS) is 11.6. The number of halogens is 3. The third kappa shape index (κ3) is 3.52. The smallest absolute Gasteiger partial charge is 0.263 e. The number of hydrogen-bond acceptors (Lipinski definition) is 3. The first-order valence-corrected chi connectivity index (χ1v) is 9.30. The Balaban J connectivity index is 2.42. The number of benzene rings is 1. The molecule has 0 amide bonds. The van der Waals surface area contributed by atoms with Crippen molar-refractivity contribution in [3.63, 3.8) is 0 Å². The van der Waals surface area contributed by atoms with Gasteiger partial charge in [-0.25, -0.2) is 8.42 Å².